The molecule has 0 spiro atoms. The second-order valence-corrected chi connectivity index (χ2v) is 9.78. The Balaban J connectivity index is 1.79. The number of benzene rings is 2. The van der Waals surface area contributed by atoms with E-state index < -0.39 is 10.0 Å². The standard InChI is InChI=1S/C18H21BrN2O3S2/c1-13(25-11-15-6-8-17(19)9-7-15)18(22)21-10-14-2-4-16(5-3-14)12-26(20,23)24/h2-9,13H,10-12H2,1H3,(H,21,22)(H2,20,23,24). The minimum atomic E-state index is -3.53. The first-order valence-electron chi connectivity index (χ1n) is 7.95. The van der Waals surface area contributed by atoms with Gasteiger partial charge in [0.25, 0.3) is 0 Å². The molecule has 0 fully saturated rings. The Kier molecular flexibility index (Phi) is 7.69. The highest BCUT2D eigenvalue weighted by atomic mass is 79.9. The van der Waals surface area contributed by atoms with E-state index in [-0.39, 0.29) is 16.9 Å². The molecular formula is C18H21BrN2O3S2. The number of nitrogens with two attached hydrogens (primary N) is 1. The van der Waals surface area contributed by atoms with Gasteiger partial charge in [-0.3, -0.25) is 4.79 Å². The van der Waals surface area contributed by atoms with Crippen LogP contribution in [0.1, 0.15) is 23.6 Å². The summed E-state index contributed by atoms with van der Waals surface area (Å²) in [4.78, 5) is 12.2. The lowest BCUT2D eigenvalue weighted by atomic mass is 10.1. The second-order valence-electron chi connectivity index (χ2n) is 5.92. The fraction of sp³-hybridized carbons (Fsp3) is 0.278. The third-order valence-electron chi connectivity index (χ3n) is 3.64. The number of sulfonamides is 1. The number of carbonyl (C=O) groups is 1. The molecule has 5 nitrogen and oxygen atoms in total. The average Bonchev–Trinajstić information content (AvgIpc) is 2.58. The van der Waals surface area contributed by atoms with Crippen molar-refractivity contribution >= 4 is 43.6 Å². The van der Waals surface area contributed by atoms with Crippen molar-refractivity contribution in [3.8, 4) is 0 Å². The van der Waals surface area contributed by atoms with Gasteiger partial charge in [0.15, 0.2) is 0 Å². The van der Waals surface area contributed by atoms with Crippen molar-refractivity contribution in [1.82, 2.24) is 5.32 Å². The van der Waals surface area contributed by atoms with E-state index >= 15 is 0 Å². The van der Waals surface area contributed by atoms with Crippen molar-refractivity contribution in [2.24, 2.45) is 5.14 Å². The van der Waals surface area contributed by atoms with E-state index in [1.807, 2.05) is 31.2 Å². The van der Waals surface area contributed by atoms with Gasteiger partial charge < -0.3 is 5.32 Å². The Labute approximate surface area is 166 Å². The zero-order chi connectivity index (χ0) is 19.2. The number of hydrogen-bond donors (Lipinski definition) is 2. The monoisotopic (exact) mass is 456 g/mol. The lowest BCUT2D eigenvalue weighted by molar-refractivity contribution is -0.120. The summed E-state index contributed by atoms with van der Waals surface area (Å²) in [6.45, 7) is 2.28. The molecule has 0 radical (unpaired) electrons. The second kappa shape index (κ2) is 9.55. The molecule has 2 aromatic carbocycles. The molecule has 26 heavy (non-hydrogen) atoms. The highest BCUT2D eigenvalue weighted by molar-refractivity contribution is 9.10. The van der Waals surface area contributed by atoms with Gasteiger partial charge in [-0.15, -0.1) is 11.8 Å². The maximum absolute atomic E-state index is 12.2. The van der Waals surface area contributed by atoms with Crippen LogP contribution in [0.2, 0.25) is 0 Å². The summed E-state index contributed by atoms with van der Waals surface area (Å²) in [6, 6.07) is 15.0. The number of nitrogens with one attached hydrogen (secondary N) is 1. The first-order valence-corrected chi connectivity index (χ1v) is 11.5. The molecule has 3 N–H and O–H groups in total. The van der Waals surface area contributed by atoms with Crippen LogP contribution in [0.15, 0.2) is 53.0 Å². The van der Waals surface area contributed by atoms with E-state index in [4.69, 9.17) is 5.14 Å². The average molecular weight is 457 g/mol. The number of primary sulfonamides is 1. The smallest absolute Gasteiger partial charge is 0.233 e. The van der Waals surface area contributed by atoms with Gasteiger partial charge in [0.05, 0.1) is 11.0 Å². The van der Waals surface area contributed by atoms with Gasteiger partial charge >= 0.3 is 0 Å². The van der Waals surface area contributed by atoms with Crippen LogP contribution < -0.4 is 10.5 Å². The number of hydrogen-bond acceptors (Lipinski definition) is 4. The van der Waals surface area contributed by atoms with Crippen LogP contribution in [0, 0.1) is 0 Å². The number of amides is 1. The number of carbonyl (C=O) groups excluding carboxylic acids is 1. The molecule has 0 aliphatic carbocycles. The topological polar surface area (TPSA) is 89.3 Å². The van der Waals surface area contributed by atoms with Crippen molar-refractivity contribution in [3.63, 3.8) is 0 Å². The normalized spacial score (nSPS) is 12.6. The van der Waals surface area contributed by atoms with E-state index in [9.17, 15) is 13.2 Å². The Morgan fingerprint density at radius 2 is 1.62 bits per heavy atom. The van der Waals surface area contributed by atoms with Gasteiger partial charge in [-0.25, -0.2) is 13.6 Å². The summed E-state index contributed by atoms with van der Waals surface area (Å²) in [5, 5.41) is 7.76. The summed E-state index contributed by atoms with van der Waals surface area (Å²) >= 11 is 4.98. The van der Waals surface area contributed by atoms with E-state index in [0.717, 1.165) is 15.8 Å². The van der Waals surface area contributed by atoms with Gasteiger partial charge in [0.2, 0.25) is 15.9 Å². The number of halogens is 1. The van der Waals surface area contributed by atoms with Crippen LogP contribution in [0.25, 0.3) is 0 Å². The summed E-state index contributed by atoms with van der Waals surface area (Å²) in [5.41, 5.74) is 2.70. The minimum Gasteiger partial charge on any atom is -0.351 e. The predicted octanol–water partition coefficient (Wildman–Crippen LogP) is 3.18. The van der Waals surface area contributed by atoms with Crippen molar-refractivity contribution in [3.05, 3.63) is 69.7 Å². The van der Waals surface area contributed by atoms with Crippen molar-refractivity contribution in [1.29, 1.82) is 0 Å². The maximum atomic E-state index is 12.2. The minimum absolute atomic E-state index is 0.0271. The highest BCUT2D eigenvalue weighted by Gasteiger charge is 2.13. The molecule has 140 valence electrons. The zero-order valence-corrected chi connectivity index (χ0v) is 17.5. The molecule has 0 aliphatic rings. The molecule has 1 atom stereocenters. The lowest BCUT2D eigenvalue weighted by Gasteiger charge is -2.12. The Morgan fingerprint density at radius 1 is 1.08 bits per heavy atom. The lowest BCUT2D eigenvalue weighted by Crippen LogP contribution is -2.30. The van der Waals surface area contributed by atoms with Crippen molar-refractivity contribution in [2.45, 2.75) is 30.2 Å². The molecule has 8 heteroatoms. The first kappa shape index (κ1) is 21.0. The van der Waals surface area contributed by atoms with Gasteiger partial charge in [-0.1, -0.05) is 52.3 Å². The molecule has 0 aromatic heterocycles. The summed E-state index contributed by atoms with van der Waals surface area (Å²) in [7, 11) is -3.53. The van der Waals surface area contributed by atoms with Crippen LogP contribution >= 0.6 is 27.7 Å². The molecule has 0 saturated carbocycles. The zero-order valence-electron chi connectivity index (χ0n) is 14.3. The quantitative estimate of drug-likeness (QED) is 0.637. The highest BCUT2D eigenvalue weighted by Crippen LogP contribution is 2.19. The fourth-order valence-electron chi connectivity index (χ4n) is 2.20. The fourth-order valence-corrected chi connectivity index (χ4v) is 3.99. The third kappa shape index (κ3) is 7.49. The molecule has 1 amide bonds. The molecule has 0 bridgehead atoms. The summed E-state index contributed by atoms with van der Waals surface area (Å²) in [5.74, 6) is 0.550. The Morgan fingerprint density at radius 3 is 2.19 bits per heavy atom. The SMILES string of the molecule is CC(SCc1ccc(Br)cc1)C(=O)NCc1ccc(CS(N)(=O)=O)cc1. The number of rotatable bonds is 8. The van der Waals surface area contributed by atoms with Crippen LogP contribution in [-0.4, -0.2) is 19.6 Å². The van der Waals surface area contributed by atoms with E-state index in [0.29, 0.717) is 12.1 Å². The Bertz CT molecular complexity index is 838. The van der Waals surface area contributed by atoms with Gasteiger partial charge in [0, 0.05) is 16.8 Å². The molecule has 0 aliphatic heterocycles. The van der Waals surface area contributed by atoms with Crippen molar-refractivity contribution in [2.75, 3.05) is 0 Å². The summed E-state index contributed by atoms with van der Waals surface area (Å²) in [6.07, 6.45) is 0. The molecule has 2 rings (SSSR count). The molecule has 2 aromatic rings. The van der Waals surface area contributed by atoms with E-state index in [1.54, 1.807) is 36.0 Å². The number of thioether (sulfide) groups is 1. The summed E-state index contributed by atoms with van der Waals surface area (Å²) < 4.78 is 23.2. The van der Waals surface area contributed by atoms with Gasteiger partial charge in [0.1, 0.15) is 0 Å². The Hall–Kier alpha value is -1.35. The van der Waals surface area contributed by atoms with Gasteiger partial charge in [-0.05, 0) is 35.7 Å². The molecule has 0 saturated heterocycles. The largest absolute Gasteiger partial charge is 0.351 e. The van der Waals surface area contributed by atoms with Crippen LogP contribution in [-0.2, 0) is 32.9 Å². The molecule has 1 unspecified atom stereocenters. The van der Waals surface area contributed by atoms with Gasteiger partial charge in [-0.2, -0.15) is 0 Å². The van der Waals surface area contributed by atoms with Crippen LogP contribution in [0.3, 0.4) is 0 Å². The van der Waals surface area contributed by atoms with Crippen LogP contribution in [0.5, 0.6) is 0 Å². The van der Waals surface area contributed by atoms with Crippen molar-refractivity contribution < 1.29 is 13.2 Å². The first-order chi connectivity index (χ1) is 12.2. The maximum Gasteiger partial charge on any atom is 0.233 e. The predicted molar refractivity (Wildman–Crippen MR) is 110 cm³/mol. The molecular weight excluding hydrogens is 436 g/mol. The third-order valence-corrected chi connectivity index (χ3v) is 6.12. The van der Waals surface area contributed by atoms with E-state index in [1.165, 1.54) is 5.56 Å². The van der Waals surface area contributed by atoms with E-state index in [2.05, 4.69) is 21.2 Å². The van der Waals surface area contributed by atoms with Crippen LogP contribution in [0.4, 0.5) is 0 Å². The molecule has 0 heterocycles.